The zero-order valence-corrected chi connectivity index (χ0v) is 11.1. The van der Waals surface area contributed by atoms with Crippen LogP contribution in [0.4, 0.5) is 0 Å². The zero-order chi connectivity index (χ0) is 11.3. The van der Waals surface area contributed by atoms with Crippen LogP contribution in [0.15, 0.2) is 17.5 Å². The second-order valence-corrected chi connectivity index (χ2v) is 6.17. The first-order valence-corrected chi connectivity index (χ1v) is 7.46. The van der Waals surface area contributed by atoms with E-state index in [1.54, 1.807) is 4.88 Å². The molecule has 0 unspecified atom stereocenters. The fraction of sp³-hybridized carbons (Fsp3) is 0.714. The standard InChI is InChI=1S/C14H23NS/c1-2-9-15-12-14(7-3-4-8-14)11-13-6-5-10-16-13/h5-6,10,15H,2-4,7-9,11-12H2,1H3. The Labute approximate surface area is 103 Å². The van der Waals surface area contributed by atoms with Crippen molar-refractivity contribution in [3.05, 3.63) is 22.4 Å². The van der Waals surface area contributed by atoms with Gasteiger partial charge >= 0.3 is 0 Å². The highest BCUT2D eigenvalue weighted by Crippen LogP contribution is 2.41. The van der Waals surface area contributed by atoms with Gasteiger partial charge < -0.3 is 5.32 Å². The fourth-order valence-corrected chi connectivity index (χ4v) is 3.73. The van der Waals surface area contributed by atoms with Gasteiger partial charge in [-0.2, -0.15) is 0 Å². The number of nitrogens with one attached hydrogen (secondary N) is 1. The Balaban J connectivity index is 1.92. The first-order valence-electron chi connectivity index (χ1n) is 6.58. The first-order chi connectivity index (χ1) is 7.85. The van der Waals surface area contributed by atoms with E-state index >= 15 is 0 Å². The fourth-order valence-electron chi connectivity index (χ4n) is 2.85. The summed E-state index contributed by atoms with van der Waals surface area (Å²) in [6.07, 6.45) is 8.23. The molecule has 1 aliphatic rings. The summed E-state index contributed by atoms with van der Waals surface area (Å²) >= 11 is 1.92. The molecule has 0 bridgehead atoms. The Hall–Kier alpha value is -0.340. The van der Waals surface area contributed by atoms with E-state index < -0.39 is 0 Å². The van der Waals surface area contributed by atoms with Gasteiger partial charge in [0.15, 0.2) is 0 Å². The van der Waals surface area contributed by atoms with Gasteiger partial charge in [-0.3, -0.25) is 0 Å². The molecule has 0 aromatic carbocycles. The third kappa shape index (κ3) is 3.08. The zero-order valence-electron chi connectivity index (χ0n) is 10.3. The summed E-state index contributed by atoms with van der Waals surface area (Å²) in [7, 11) is 0. The van der Waals surface area contributed by atoms with Crippen molar-refractivity contribution in [3.63, 3.8) is 0 Å². The second kappa shape index (κ2) is 5.83. The number of rotatable bonds is 6. The molecule has 16 heavy (non-hydrogen) atoms. The van der Waals surface area contributed by atoms with Crippen LogP contribution in [0.5, 0.6) is 0 Å². The molecule has 1 heterocycles. The molecular formula is C14H23NS. The lowest BCUT2D eigenvalue weighted by molar-refractivity contribution is 0.280. The largest absolute Gasteiger partial charge is 0.316 e. The molecule has 2 heteroatoms. The maximum Gasteiger partial charge on any atom is 0.00512 e. The molecule has 0 aliphatic heterocycles. The van der Waals surface area contributed by atoms with Crippen molar-refractivity contribution in [1.82, 2.24) is 5.32 Å². The van der Waals surface area contributed by atoms with E-state index in [4.69, 9.17) is 0 Å². The Morgan fingerprint density at radius 3 is 2.81 bits per heavy atom. The SMILES string of the molecule is CCCNCC1(Cc2cccs2)CCCC1. The van der Waals surface area contributed by atoms with Gasteiger partial charge in [0.05, 0.1) is 0 Å². The van der Waals surface area contributed by atoms with Crippen LogP contribution >= 0.6 is 11.3 Å². The smallest absolute Gasteiger partial charge is 0.00512 e. The van der Waals surface area contributed by atoms with E-state index in [1.165, 1.54) is 51.6 Å². The molecule has 1 aliphatic carbocycles. The van der Waals surface area contributed by atoms with Crippen LogP contribution in [0.3, 0.4) is 0 Å². The van der Waals surface area contributed by atoms with Crippen LogP contribution < -0.4 is 5.32 Å². The summed E-state index contributed by atoms with van der Waals surface area (Å²) in [5, 5.41) is 5.84. The molecule has 0 atom stereocenters. The molecule has 0 radical (unpaired) electrons. The van der Waals surface area contributed by atoms with Crippen LogP contribution in [0, 0.1) is 5.41 Å². The minimum absolute atomic E-state index is 0.569. The highest BCUT2D eigenvalue weighted by Gasteiger charge is 2.33. The maximum absolute atomic E-state index is 3.63. The number of hydrogen-bond donors (Lipinski definition) is 1. The van der Waals surface area contributed by atoms with Crippen LogP contribution in [0.1, 0.15) is 43.9 Å². The van der Waals surface area contributed by atoms with Gasteiger partial charge in [0.1, 0.15) is 0 Å². The number of hydrogen-bond acceptors (Lipinski definition) is 2. The van der Waals surface area contributed by atoms with Crippen LogP contribution in [0.2, 0.25) is 0 Å². The number of thiophene rings is 1. The second-order valence-electron chi connectivity index (χ2n) is 5.14. The molecule has 1 saturated carbocycles. The Morgan fingerprint density at radius 1 is 1.38 bits per heavy atom. The lowest BCUT2D eigenvalue weighted by atomic mass is 9.82. The lowest BCUT2D eigenvalue weighted by Crippen LogP contribution is -2.34. The first kappa shape index (κ1) is 12.1. The summed E-state index contributed by atoms with van der Waals surface area (Å²) in [6.45, 7) is 4.64. The van der Waals surface area contributed by atoms with E-state index in [9.17, 15) is 0 Å². The van der Waals surface area contributed by atoms with Gasteiger partial charge in [0.2, 0.25) is 0 Å². The normalized spacial score (nSPS) is 19.1. The summed E-state index contributed by atoms with van der Waals surface area (Å²) in [5.41, 5.74) is 0.569. The van der Waals surface area contributed by atoms with Gasteiger partial charge in [0.25, 0.3) is 0 Å². The molecule has 90 valence electrons. The average Bonchev–Trinajstić information content (AvgIpc) is 2.91. The molecule has 0 amide bonds. The quantitative estimate of drug-likeness (QED) is 0.741. The van der Waals surface area contributed by atoms with Gasteiger partial charge in [-0.1, -0.05) is 25.8 Å². The van der Waals surface area contributed by atoms with Crippen molar-refractivity contribution in [2.75, 3.05) is 13.1 Å². The molecular weight excluding hydrogens is 214 g/mol. The predicted molar refractivity (Wildman–Crippen MR) is 72.1 cm³/mol. The van der Waals surface area contributed by atoms with Crippen molar-refractivity contribution >= 4 is 11.3 Å². The summed E-state index contributed by atoms with van der Waals surface area (Å²) < 4.78 is 0. The summed E-state index contributed by atoms with van der Waals surface area (Å²) in [6, 6.07) is 4.48. The van der Waals surface area contributed by atoms with Gasteiger partial charge in [0, 0.05) is 11.4 Å². The molecule has 2 rings (SSSR count). The molecule has 1 nitrogen and oxygen atoms in total. The Bertz CT molecular complexity index is 286. The molecule has 0 spiro atoms. The minimum Gasteiger partial charge on any atom is -0.316 e. The third-order valence-corrected chi connectivity index (χ3v) is 4.60. The van der Waals surface area contributed by atoms with Crippen LogP contribution in [0.25, 0.3) is 0 Å². The van der Waals surface area contributed by atoms with Gasteiger partial charge in [-0.25, -0.2) is 0 Å². The molecule has 1 aromatic heterocycles. The van der Waals surface area contributed by atoms with Crippen molar-refractivity contribution in [3.8, 4) is 0 Å². The molecule has 1 aromatic rings. The third-order valence-electron chi connectivity index (χ3n) is 3.72. The molecule has 0 saturated heterocycles. The van der Waals surface area contributed by atoms with Gasteiger partial charge in [-0.05, 0) is 49.1 Å². The molecule has 1 fully saturated rings. The van der Waals surface area contributed by atoms with Crippen LogP contribution in [-0.4, -0.2) is 13.1 Å². The monoisotopic (exact) mass is 237 g/mol. The van der Waals surface area contributed by atoms with Crippen molar-refractivity contribution < 1.29 is 0 Å². The highest BCUT2D eigenvalue weighted by atomic mass is 32.1. The van der Waals surface area contributed by atoms with E-state index in [1.807, 2.05) is 11.3 Å². The van der Waals surface area contributed by atoms with E-state index in [2.05, 4.69) is 29.8 Å². The van der Waals surface area contributed by atoms with E-state index in [0.29, 0.717) is 5.41 Å². The van der Waals surface area contributed by atoms with Crippen molar-refractivity contribution in [1.29, 1.82) is 0 Å². The topological polar surface area (TPSA) is 12.0 Å². The Morgan fingerprint density at radius 2 is 2.19 bits per heavy atom. The molecule has 1 N–H and O–H groups in total. The maximum atomic E-state index is 3.63. The lowest BCUT2D eigenvalue weighted by Gasteiger charge is -2.29. The average molecular weight is 237 g/mol. The van der Waals surface area contributed by atoms with E-state index in [-0.39, 0.29) is 0 Å². The minimum atomic E-state index is 0.569. The highest BCUT2D eigenvalue weighted by molar-refractivity contribution is 7.09. The van der Waals surface area contributed by atoms with Gasteiger partial charge in [-0.15, -0.1) is 11.3 Å². The van der Waals surface area contributed by atoms with E-state index in [0.717, 1.165) is 0 Å². The van der Waals surface area contributed by atoms with Crippen molar-refractivity contribution in [2.45, 2.75) is 45.4 Å². The van der Waals surface area contributed by atoms with Crippen LogP contribution in [-0.2, 0) is 6.42 Å². The van der Waals surface area contributed by atoms with Crippen molar-refractivity contribution in [2.24, 2.45) is 5.41 Å². The summed E-state index contributed by atoms with van der Waals surface area (Å²) in [4.78, 5) is 1.57. The Kier molecular flexibility index (Phi) is 4.42. The predicted octanol–water partition coefficient (Wildman–Crippen LogP) is 3.85. The summed E-state index contributed by atoms with van der Waals surface area (Å²) in [5.74, 6) is 0.